The smallest absolute Gasteiger partial charge is 0.128 e. The van der Waals surface area contributed by atoms with Crippen molar-refractivity contribution in [2.45, 2.75) is 38.5 Å². The summed E-state index contributed by atoms with van der Waals surface area (Å²) in [6.07, 6.45) is 0. The van der Waals surface area contributed by atoms with E-state index < -0.39 is 10.8 Å². The van der Waals surface area contributed by atoms with Gasteiger partial charge in [-0.05, 0) is 45.9 Å². The summed E-state index contributed by atoms with van der Waals surface area (Å²) in [6.45, 7) is 7.40. The summed E-state index contributed by atoms with van der Waals surface area (Å²) in [4.78, 5) is 4.18. The number of rotatable bonds is 3. The van der Waals surface area contributed by atoms with Crippen LogP contribution in [0.4, 0.5) is 4.39 Å². The van der Waals surface area contributed by atoms with Crippen molar-refractivity contribution < 1.29 is 8.60 Å². The number of halogens is 2. The summed E-state index contributed by atoms with van der Waals surface area (Å²) in [6, 6.07) is 4.38. The molecule has 0 amide bonds. The highest BCUT2D eigenvalue weighted by atomic mass is 79.9. The number of hydrogen-bond donors (Lipinski definition) is 0. The molecule has 1 unspecified atom stereocenters. The topological polar surface area (TPSA) is 29.4 Å². The van der Waals surface area contributed by atoms with Crippen LogP contribution in [-0.4, -0.2) is 14.5 Å². The van der Waals surface area contributed by atoms with Crippen molar-refractivity contribution >= 4 is 32.3 Å². The van der Waals surface area contributed by atoms with Crippen LogP contribution in [0.25, 0.3) is 0 Å². The average molecular weight is 334 g/mol. The van der Waals surface area contributed by atoms with Gasteiger partial charge in [0.25, 0.3) is 0 Å². The van der Waals surface area contributed by atoms with Gasteiger partial charge in [-0.3, -0.25) is 9.20 Å². The Morgan fingerprint density at radius 1 is 1.44 bits per heavy atom. The van der Waals surface area contributed by atoms with E-state index in [9.17, 15) is 8.60 Å². The van der Waals surface area contributed by atoms with Crippen molar-refractivity contribution in [1.82, 2.24) is 0 Å². The fourth-order valence-corrected chi connectivity index (χ4v) is 2.21. The molecule has 100 valence electrons. The molecular weight excluding hydrogens is 317 g/mol. The quantitative estimate of drug-likeness (QED) is 0.601. The van der Waals surface area contributed by atoms with Crippen LogP contribution in [0.3, 0.4) is 0 Å². The Labute approximate surface area is 118 Å². The van der Waals surface area contributed by atoms with Gasteiger partial charge in [-0.2, -0.15) is 0 Å². The molecule has 2 atom stereocenters. The minimum Gasteiger partial charge on any atom is -0.276 e. The van der Waals surface area contributed by atoms with E-state index in [1.54, 1.807) is 19.1 Å². The molecule has 0 aliphatic rings. The van der Waals surface area contributed by atoms with Gasteiger partial charge in [-0.25, -0.2) is 4.39 Å². The molecule has 0 saturated carbocycles. The van der Waals surface area contributed by atoms with E-state index in [2.05, 4.69) is 20.9 Å². The normalized spacial score (nSPS) is 15.9. The molecule has 0 bridgehead atoms. The zero-order chi connectivity index (χ0) is 13.9. The van der Waals surface area contributed by atoms with Crippen molar-refractivity contribution in [3.63, 3.8) is 0 Å². The van der Waals surface area contributed by atoms with Gasteiger partial charge in [0.15, 0.2) is 0 Å². The average Bonchev–Trinajstić information content (AvgIpc) is 2.27. The van der Waals surface area contributed by atoms with E-state index in [4.69, 9.17) is 0 Å². The first-order valence-electron chi connectivity index (χ1n) is 5.60. The highest BCUT2D eigenvalue weighted by Gasteiger charge is 2.18. The minimum atomic E-state index is -1.17. The molecular formula is C13H17BrFNOS. The SMILES string of the molecule is C[C@H](N=CS(=O)C(C)(C)C)c1cc(Br)ccc1F. The maximum atomic E-state index is 13.6. The summed E-state index contributed by atoms with van der Waals surface area (Å²) in [7, 11) is -1.17. The maximum absolute atomic E-state index is 13.6. The third-order valence-electron chi connectivity index (χ3n) is 2.39. The number of hydrogen-bond acceptors (Lipinski definition) is 2. The third kappa shape index (κ3) is 4.28. The van der Waals surface area contributed by atoms with E-state index in [-0.39, 0.29) is 16.6 Å². The molecule has 0 N–H and O–H groups in total. The van der Waals surface area contributed by atoms with Crippen LogP contribution in [0.5, 0.6) is 0 Å². The van der Waals surface area contributed by atoms with E-state index in [1.165, 1.54) is 11.6 Å². The van der Waals surface area contributed by atoms with Crippen molar-refractivity contribution in [1.29, 1.82) is 0 Å². The van der Waals surface area contributed by atoms with Gasteiger partial charge in [0.05, 0.1) is 22.4 Å². The van der Waals surface area contributed by atoms with E-state index in [1.807, 2.05) is 20.8 Å². The molecule has 2 nitrogen and oxygen atoms in total. The van der Waals surface area contributed by atoms with Crippen molar-refractivity contribution in [2.24, 2.45) is 4.99 Å². The van der Waals surface area contributed by atoms with Crippen LogP contribution in [0, 0.1) is 5.82 Å². The second kappa shape index (κ2) is 6.06. The van der Waals surface area contributed by atoms with Gasteiger partial charge in [0, 0.05) is 14.8 Å². The van der Waals surface area contributed by atoms with E-state index in [0.717, 1.165) is 4.47 Å². The first kappa shape index (κ1) is 15.5. The largest absolute Gasteiger partial charge is 0.276 e. The molecule has 1 aromatic carbocycles. The third-order valence-corrected chi connectivity index (χ3v) is 4.41. The summed E-state index contributed by atoms with van der Waals surface area (Å²) >= 11 is 3.30. The Balaban J connectivity index is 2.89. The Kier molecular flexibility index (Phi) is 5.22. The number of nitrogens with zero attached hydrogens (tertiary/aromatic N) is 1. The van der Waals surface area contributed by atoms with Crippen LogP contribution in [0.1, 0.15) is 39.3 Å². The molecule has 18 heavy (non-hydrogen) atoms. The summed E-state index contributed by atoms with van der Waals surface area (Å²) < 4.78 is 25.9. The molecule has 5 heteroatoms. The van der Waals surface area contributed by atoms with Gasteiger partial charge in [-0.1, -0.05) is 15.9 Å². The molecule has 0 heterocycles. The predicted molar refractivity (Wildman–Crippen MR) is 78.9 cm³/mol. The zero-order valence-electron chi connectivity index (χ0n) is 10.9. The van der Waals surface area contributed by atoms with Crippen LogP contribution in [0.2, 0.25) is 0 Å². The summed E-state index contributed by atoms with van der Waals surface area (Å²) in [5.41, 5.74) is 1.90. The lowest BCUT2D eigenvalue weighted by Crippen LogP contribution is -2.22. The minimum absolute atomic E-state index is 0.301. The predicted octanol–water partition coefficient (Wildman–Crippen LogP) is 4.22. The monoisotopic (exact) mass is 333 g/mol. The van der Waals surface area contributed by atoms with Crippen molar-refractivity contribution in [2.75, 3.05) is 0 Å². The summed E-state index contributed by atoms with van der Waals surface area (Å²) in [5, 5.41) is 0. The lowest BCUT2D eigenvalue weighted by atomic mass is 10.1. The molecule has 0 spiro atoms. The summed E-state index contributed by atoms with van der Waals surface area (Å²) in [5.74, 6) is -0.301. The Morgan fingerprint density at radius 3 is 2.61 bits per heavy atom. The van der Waals surface area contributed by atoms with E-state index >= 15 is 0 Å². The maximum Gasteiger partial charge on any atom is 0.128 e. The molecule has 1 rings (SSSR count). The molecule has 1 aromatic rings. The van der Waals surface area contributed by atoms with Gasteiger partial charge in [0.1, 0.15) is 5.82 Å². The second-order valence-corrected chi connectivity index (χ2v) is 7.95. The second-order valence-electron chi connectivity index (χ2n) is 5.01. The molecule has 0 fully saturated rings. The lowest BCUT2D eigenvalue weighted by Gasteiger charge is -2.14. The Bertz CT molecular complexity index is 482. The van der Waals surface area contributed by atoms with Crippen LogP contribution >= 0.6 is 15.9 Å². The van der Waals surface area contributed by atoms with E-state index in [0.29, 0.717) is 5.56 Å². The Morgan fingerprint density at radius 2 is 2.06 bits per heavy atom. The molecule has 0 aromatic heterocycles. The van der Waals surface area contributed by atoms with Gasteiger partial charge in [-0.15, -0.1) is 0 Å². The standard InChI is InChI=1S/C13H17BrFNOS/c1-9(16-8-18(17)13(2,3)4)11-7-10(14)5-6-12(11)15/h5-9H,1-4H3/t9-,18?/m0/s1. The highest BCUT2D eigenvalue weighted by molar-refractivity contribution is 9.10. The molecule has 0 aliphatic heterocycles. The Hall–Kier alpha value is -0.550. The van der Waals surface area contributed by atoms with Gasteiger partial charge in [0.2, 0.25) is 0 Å². The number of aliphatic imine (C=N–C) groups is 1. The van der Waals surface area contributed by atoms with Crippen LogP contribution < -0.4 is 0 Å². The lowest BCUT2D eigenvalue weighted by molar-refractivity contribution is 0.594. The number of benzene rings is 1. The van der Waals surface area contributed by atoms with Crippen molar-refractivity contribution in [3.8, 4) is 0 Å². The van der Waals surface area contributed by atoms with Gasteiger partial charge < -0.3 is 0 Å². The van der Waals surface area contributed by atoms with Crippen molar-refractivity contribution in [3.05, 3.63) is 34.1 Å². The first-order chi connectivity index (χ1) is 8.21. The fourth-order valence-electron chi connectivity index (χ4n) is 1.22. The first-order valence-corrected chi connectivity index (χ1v) is 7.61. The van der Waals surface area contributed by atoms with Crippen LogP contribution in [0.15, 0.2) is 27.7 Å². The highest BCUT2D eigenvalue weighted by Crippen LogP contribution is 2.24. The molecule has 0 aliphatic carbocycles. The fraction of sp³-hybridized carbons (Fsp3) is 0.462. The zero-order valence-corrected chi connectivity index (χ0v) is 13.3. The van der Waals surface area contributed by atoms with Crippen LogP contribution in [-0.2, 0) is 10.8 Å². The molecule has 0 saturated heterocycles. The van der Waals surface area contributed by atoms with Gasteiger partial charge >= 0.3 is 0 Å². The molecule has 0 radical (unpaired) electrons.